The van der Waals surface area contributed by atoms with Gasteiger partial charge in [-0.05, 0) is 127 Å². The Kier molecular flexibility index (Phi) is 5.33. The van der Waals surface area contributed by atoms with Crippen molar-refractivity contribution in [3.05, 3.63) is 12.2 Å². The molecule has 5 fully saturated rings. The Labute approximate surface area is 214 Å². The highest BCUT2D eigenvalue weighted by Crippen LogP contribution is 2.67. The van der Waals surface area contributed by atoms with E-state index in [1.165, 1.54) is 12.8 Å². The Morgan fingerprint density at radius 1 is 0.750 bits per heavy atom. The molecule has 0 saturated heterocycles. The van der Waals surface area contributed by atoms with Crippen LogP contribution in [0, 0.1) is 58.7 Å². The van der Waals surface area contributed by atoms with E-state index in [0.717, 1.165) is 18.3 Å². The van der Waals surface area contributed by atoms with Crippen LogP contribution in [-0.2, 0) is 28.6 Å². The highest BCUT2D eigenvalue weighted by atomic mass is 16.6. The minimum Gasteiger partial charge on any atom is -0.462 e. The van der Waals surface area contributed by atoms with Crippen molar-refractivity contribution in [2.24, 2.45) is 58.7 Å². The molecule has 10 atom stereocenters. The molecular weight excluding hydrogens is 456 g/mol. The lowest BCUT2D eigenvalue weighted by molar-refractivity contribution is -0.192. The van der Waals surface area contributed by atoms with E-state index in [0.29, 0.717) is 42.9 Å². The third kappa shape index (κ3) is 3.67. The standard InChI is InChI=1S/C30H42O6/c1-28(2,3)35-26(32)30(27(33)36-29(4,5)6)14-18-10-19(30)13-22(18)34-25(31)21-12-17-11-20(21)24-16-8-7-15(9-16)23(17)24/h7-8,15-24H,9-14H2,1-6H3. The Balaban J connectivity index is 1.15. The number of ether oxygens (including phenoxy) is 3. The number of esters is 3. The summed E-state index contributed by atoms with van der Waals surface area (Å²) in [6.45, 7) is 10.9. The predicted octanol–water partition coefficient (Wildman–Crippen LogP) is 5.09. The van der Waals surface area contributed by atoms with Crippen LogP contribution in [-0.4, -0.2) is 35.2 Å². The summed E-state index contributed by atoms with van der Waals surface area (Å²) in [6, 6.07) is 0. The van der Waals surface area contributed by atoms with Gasteiger partial charge in [-0.3, -0.25) is 14.4 Å². The maximum atomic E-state index is 13.5. The topological polar surface area (TPSA) is 78.9 Å². The molecule has 0 aromatic heterocycles. The van der Waals surface area contributed by atoms with Gasteiger partial charge in [-0.25, -0.2) is 0 Å². The molecule has 0 spiro atoms. The van der Waals surface area contributed by atoms with Crippen LogP contribution in [0.4, 0.5) is 0 Å². The van der Waals surface area contributed by atoms with Crippen molar-refractivity contribution in [2.75, 3.05) is 0 Å². The second-order valence-electron chi connectivity index (χ2n) is 14.7. The number of carbonyl (C=O) groups is 3. The Bertz CT molecular complexity index is 970. The van der Waals surface area contributed by atoms with Gasteiger partial charge in [0.05, 0.1) is 5.92 Å². The summed E-state index contributed by atoms with van der Waals surface area (Å²) < 4.78 is 17.7. The van der Waals surface area contributed by atoms with E-state index in [2.05, 4.69) is 12.2 Å². The fourth-order valence-corrected chi connectivity index (χ4v) is 9.27. The average molecular weight is 499 g/mol. The SMILES string of the molecule is CC(C)(C)OC(=O)C1(C(=O)OC(C)(C)C)CC2CC1CC2OC(=O)C1CC2CC1C1C3C=CC(C3)C21. The van der Waals surface area contributed by atoms with Crippen LogP contribution < -0.4 is 0 Å². The molecule has 6 aliphatic carbocycles. The summed E-state index contributed by atoms with van der Waals surface area (Å²) >= 11 is 0. The van der Waals surface area contributed by atoms with Crippen molar-refractivity contribution in [1.82, 2.24) is 0 Å². The molecule has 0 aromatic carbocycles. The first-order valence-electron chi connectivity index (χ1n) is 14.1. The molecule has 6 nitrogen and oxygen atoms in total. The van der Waals surface area contributed by atoms with Gasteiger partial charge in [0.2, 0.25) is 0 Å². The molecule has 0 N–H and O–H groups in total. The molecule has 6 aliphatic rings. The van der Waals surface area contributed by atoms with Crippen LogP contribution in [0.15, 0.2) is 12.2 Å². The molecular formula is C30H42O6. The third-order valence-electron chi connectivity index (χ3n) is 10.3. The summed E-state index contributed by atoms with van der Waals surface area (Å²) in [7, 11) is 0. The zero-order valence-electron chi connectivity index (χ0n) is 22.6. The summed E-state index contributed by atoms with van der Waals surface area (Å²) in [4.78, 5) is 40.4. The average Bonchev–Trinajstić information content (AvgIpc) is 3.57. The van der Waals surface area contributed by atoms with Gasteiger partial charge in [-0.1, -0.05) is 12.2 Å². The van der Waals surface area contributed by atoms with E-state index in [4.69, 9.17) is 14.2 Å². The van der Waals surface area contributed by atoms with E-state index in [9.17, 15) is 14.4 Å². The third-order valence-corrected chi connectivity index (χ3v) is 10.3. The monoisotopic (exact) mass is 498 g/mol. The fraction of sp³-hybridized carbons (Fsp3) is 0.833. The molecule has 0 aromatic rings. The summed E-state index contributed by atoms with van der Waals surface area (Å²) in [6.07, 6.45) is 9.58. The lowest BCUT2D eigenvalue weighted by Crippen LogP contribution is -2.51. The molecule has 198 valence electrons. The first-order valence-corrected chi connectivity index (χ1v) is 14.1. The lowest BCUT2D eigenvalue weighted by Gasteiger charge is -2.39. The maximum Gasteiger partial charge on any atom is 0.324 e. The Morgan fingerprint density at radius 2 is 1.36 bits per heavy atom. The van der Waals surface area contributed by atoms with Crippen LogP contribution in [0.2, 0.25) is 0 Å². The smallest absolute Gasteiger partial charge is 0.324 e. The van der Waals surface area contributed by atoms with Crippen molar-refractivity contribution >= 4 is 17.9 Å². The minimum absolute atomic E-state index is 0.0178. The summed E-state index contributed by atoms with van der Waals surface area (Å²) in [5.74, 6) is 2.75. The van der Waals surface area contributed by atoms with Gasteiger partial charge < -0.3 is 14.2 Å². The van der Waals surface area contributed by atoms with Crippen LogP contribution in [0.3, 0.4) is 0 Å². The van der Waals surface area contributed by atoms with E-state index in [1.807, 2.05) is 41.5 Å². The zero-order chi connectivity index (χ0) is 25.8. The summed E-state index contributed by atoms with van der Waals surface area (Å²) in [5, 5.41) is 0. The van der Waals surface area contributed by atoms with Gasteiger partial charge in [0.15, 0.2) is 5.41 Å². The number of hydrogen-bond donors (Lipinski definition) is 0. The molecule has 10 unspecified atom stereocenters. The van der Waals surface area contributed by atoms with E-state index < -0.39 is 28.6 Å². The van der Waals surface area contributed by atoms with E-state index >= 15 is 0 Å². The molecule has 0 amide bonds. The highest BCUT2D eigenvalue weighted by molar-refractivity contribution is 6.01. The van der Waals surface area contributed by atoms with Crippen molar-refractivity contribution in [1.29, 1.82) is 0 Å². The van der Waals surface area contributed by atoms with Gasteiger partial charge in [0, 0.05) is 0 Å². The van der Waals surface area contributed by atoms with Gasteiger partial charge in [0.1, 0.15) is 17.3 Å². The Hall–Kier alpha value is -1.85. The van der Waals surface area contributed by atoms with Gasteiger partial charge in [0.25, 0.3) is 0 Å². The van der Waals surface area contributed by atoms with Crippen molar-refractivity contribution in [2.45, 2.75) is 97.4 Å². The first kappa shape index (κ1) is 24.5. The Morgan fingerprint density at radius 3 is 1.92 bits per heavy atom. The maximum absolute atomic E-state index is 13.5. The van der Waals surface area contributed by atoms with Gasteiger partial charge >= 0.3 is 17.9 Å². The van der Waals surface area contributed by atoms with Gasteiger partial charge in [-0.15, -0.1) is 0 Å². The minimum atomic E-state index is -1.32. The zero-order valence-corrected chi connectivity index (χ0v) is 22.6. The van der Waals surface area contributed by atoms with E-state index in [-0.39, 0.29) is 29.8 Å². The number of allylic oxidation sites excluding steroid dienone is 2. The first-order chi connectivity index (χ1) is 16.8. The van der Waals surface area contributed by atoms with E-state index in [1.54, 1.807) is 0 Å². The predicted molar refractivity (Wildman–Crippen MR) is 132 cm³/mol. The summed E-state index contributed by atoms with van der Waals surface area (Å²) in [5.41, 5.74) is -2.72. The number of carbonyl (C=O) groups excluding carboxylic acids is 3. The van der Waals surface area contributed by atoms with Crippen LogP contribution in [0.5, 0.6) is 0 Å². The normalized spacial score (nSPS) is 43.1. The van der Waals surface area contributed by atoms with Crippen LogP contribution >= 0.6 is 0 Å². The highest BCUT2D eigenvalue weighted by Gasteiger charge is 2.67. The molecule has 5 saturated carbocycles. The number of fused-ring (bicyclic) bond motifs is 11. The molecule has 0 radical (unpaired) electrons. The van der Waals surface area contributed by atoms with Crippen LogP contribution in [0.1, 0.15) is 80.1 Å². The second kappa shape index (κ2) is 7.83. The molecule has 36 heavy (non-hydrogen) atoms. The lowest BCUT2D eigenvalue weighted by atomic mass is 9.69. The molecule has 0 aliphatic heterocycles. The van der Waals surface area contributed by atoms with Crippen molar-refractivity contribution in [3.63, 3.8) is 0 Å². The van der Waals surface area contributed by atoms with Crippen molar-refractivity contribution < 1.29 is 28.6 Å². The molecule has 0 heterocycles. The molecule has 6 heteroatoms. The largest absolute Gasteiger partial charge is 0.462 e. The van der Waals surface area contributed by atoms with Gasteiger partial charge in [-0.2, -0.15) is 0 Å². The van der Waals surface area contributed by atoms with Crippen LogP contribution in [0.25, 0.3) is 0 Å². The quantitative estimate of drug-likeness (QED) is 0.177. The fourth-order valence-electron chi connectivity index (χ4n) is 9.27. The number of rotatable bonds is 4. The molecule has 6 rings (SSSR count). The van der Waals surface area contributed by atoms with Crippen molar-refractivity contribution in [3.8, 4) is 0 Å². The molecule has 6 bridgehead atoms. The number of hydrogen-bond acceptors (Lipinski definition) is 6. The second-order valence-corrected chi connectivity index (χ2v) is 14.7.